The van der Waals surface area contributed by atoms with E-state index in [1.54, 1.807) is 0 Å². The number of nitrogens with one attached hydrogen (secondary N) is 1. The van der Waals surface area contributed by atoms with Crippen LogP contribution in [0.5, 0.6) is 5.75 Å². The van der Waals surface area contributed by atoms with Gasteiger partial charge in [0.15, 0.2) is 5.13 Å². The fourth-order valence-corrected chi connectivity index (χ4v) is 3.97. The number of carbonyl (C=O) groups excluding carboxylic acids is 1. The fraction of sp³-hybridized carbons (Fsp3) is 0.300. The van der Waals surface area contributed by atoms with Gasteiger partial charge in [0, 0.05) is 10.4 Å². The number of ether oxygens (including phenoxy) is 1. The number of rotatable bonds is 6. The number of carbonyl (C=O) groups is 1. The zero-order valence-corrected chi connectivity index (χ0v) is 17.0. The lowest BCUT2D eigenvalue weighted by Crippen LogP contribution is -2.09. The summed E-state index contributed by atoms with van der Waals surface area (Å²) in [6, 6.07) is 10.0. The number of amides is 1. The van der Waals surface area contributed by atoms with E-state index in [0.717, 1.165) is 21.9 Å². The highest BCUT2D eigenvalue weighted by molar-refractivity contribution is 7.16. The van der Waals surface area contributed by atoms with Crippen LogP contribution in [0.25, 0.3) is 0 Å². The Morgan fingerprint density at radius 2 is 1.96 bits per heavy atom. The number of thiazole rings is 1. The quantitative estimate of drug-likeness (QED) is 0.584. The molecule has 0 aliphatic carbocycles. The largest absolute Gasteiger partial charge is 0.489 e. The second-order valence-corrected chi connectivity index (χ2v) is 8.56. The van der Waals surface area contributed by atoms with Crippen LogP contribution in [-0.2, 0) is 6.61 Å². The highest BCUT2D eigenvalue weighted by Crippen LogP contribution is 2.24. The Hall–Kier alpha value is -2.18. The molecule has 26 heavy (non-hydrogen) atoms. The first-order valence-electron chi connectivity index (χ1n) is 8.48. The van der Waals surface area contributed by atoms with E-state index in [1.807, 2.05) is 37.4 Å². The van der Waals surface area contributed by atoms with Crippen molar-refractivity contribution >= 4 is 33.7 Å². The summed E-state index contributed by atoms with van der Waals surface area (Å²) in [5, 5.41) is 5.46. The van der Waals surface area contributed by atoms with Crippen molar-refractivity contribution in [2.75, 3.05) is 5.32 Å². The van der Waals surface area contributed by atoms with Gasteiger partial charge >= 0.3 is 0 Å². The Kier molecular flexibility index (Phi) is 5.74. The fourth-order valence-electron chi connectivity index (χ4n) is 2.37. The average molecular weight is 387 g/mol. The van der Waals surface area contributed by atoms with Gasteiger partial charge in [0.25, 0.3) is 5.91 Å². The number of hydrogen-bond acceptors (Lipinski definition) is 5. The van der Waals surface area contributed by atoms with Gasteiger partial charge in [0.1, 0.15) is 12.4 Å². The highest BCUT2D eigenvalue weighted by atomic mass is 32.1. The van der Waals surface area contributed by atoms with Gasteiger partial charge in [-0.15, -0.1) is 22.7 Å². The molecule has 1 N–H and O–H groups in total. The minimum Gasteiger partial charge on any atom is -0.489 e. The molecule has 0 saturated carbocycles. The number of aromatic nitrogens is 1. The molecule has 0 bridgehead atoms. The Balaban J connectivity index is 1.57. The molecule has 0 aliphatic heterocycles. The summed E-state index contributed by atoms with van der Waals surface area (Å²) >= 11 is 2.91. The predicted molar refractivity (Wildman–Crippen MR) is 109 cm³/mol. The van der Waals surface area contributed by atoms with Crippen LogP contribution in [0.3, 0.4) is 0 Å². The molecule has 3 aromatic rings. The maximum Gasteiger partial charge on any atom is 0.267 e. The third kappa shape index (κ3) is 4.51. The number of thiophene rings is 1. The molecule has 1 aromatic carbocycles. The van der Waals surface area contributed by atoms with Crippen LogP contribution in [0.1, 0.15) is 51.1 Å². The molecule has 0 aliphatic rings. The van der Waals surface area contributed by atoms with E-state index in [2.05, 4.69) is 36.3 Å². The van der Waals surface area contributed by atoms with Gasteiger partial charge in [-0.3, -0.25) is 10.1 Å². The predicted octanol–water partition coefficient (Wildman–Crippen LogP) is 5.78. The molecule has 136 valence electrons. The number of benzene rings is 1. The highest BCUT2D eigenvalue weighted by Gasteiger charge is 2.13. The van der Waals surface area contributed by atoms with E-state index < -0.39 is 0 Å². The first kappa shape index (κ1) is 18.6. The number of aryl methyl sites for hydroxylation is 2. The second-order valence-electron chi connectivity index (χ2n) is 6.45. The molecule has 0 atom stereocenters. The van der Waals surface area contributed by atoms with Crippen molar-refractivity contribution in [1.29, 1.82) is 0 Å². The molecular formula is C20H22N2O2S2. The molecule has 2 aromatic heterocycles. The summed E-state index contributed by atoms with van der Waals surface area (Å²) in [6.45, 7) is 8.72. The summed E-state index contributed by atoms with van der Waals surface area (Å²) in [5.41, 5.74) is 3.23. The topological polar surface area (TPSA) is 51.2 Å². The Bertz CT molecular complexity index is 875. The maximum atomic E-state index is 12.3. The number of anilines is 1. The van der Waals surface area contributed by atoms with Crippen LogP contribution in [0, 0.1) is 13.8 Å². The summed E-state index contributed by atoms with van der Waals surface area (Å²) in [5.74, 6) is 1.21. The average Bonchev–Trinajstić information content (AvgIpc) is 3.20. The number of hydrogen-bond donors (Lipinski definition) is 1. The van der Waals surface area contributed by atoms with Crippen molar-refractivity contribution in [3.63, 3.8) is 0 Å². The third-order valence-electron chi connectivity index (χ3n) is 4.08. The van der Waals surface area contributed by atoms with Crippen LogP contribution in [0.15, 0.2) is 35.7 Å². The SMILES string of the molecule is Cc1nc(NC(=O)c2cc(COc3ccc(C(C)C)cc3)cs2)sc1C. The Labute approximate surface area is 161 Å². The first-order valence-corrected chi connectivity index (χ1v) is 10.2. The van der Waals surface area contributed by atoms with Crippen molar-refractivity contribution < 1.29 is 9.53 Å². The minimum absolute atomic E-state index is 0.128. The van der Waals surface area contributed by atoms with E-state index in [9.17, 15) is 4.79 Å². The lowest BCUT2D eigenvalue weighted by molar-refractivity contribution is 0.103. The molecule has 2 heterocycles. The van der Waals surface area contributed by atoms with Gasteiger partial charge < -0.3 is 4.74 Å². The van der Waals surface area contributed by atoms with Crippen molar-refractivity contribution in [3.05, 3.63) is 62.3 Å². The van der Waals surface area contributed by atoms with Gasteiger partial charge in [0.05, 0.1) is 10.6 Å². The van der Waals surface area contributed by atoms with Crippen molar-refractivity contribution in [2.45, 2.75) is 40.2 Å². The number of nitrogens with zero attached hydrogens (tertiary/aromatic N) is 1. The van der Waals surface area contributed by atoms with E-state index in [0.29, 0.717) is 22.5 Å². The van der Waals surface area contributed by atoms with Crippen LogP contribution < -0.4 is 10.1 Å². The molecule has 6 heteroatoms. The minimum atomic E-state index is -0.128. The molecule has 0 unspecified atom stereocenters. The molecule has 0 radical (unpaired) electrons. The zero-order valence-electron chi connectivity index (χ0n) is 15.3. The molecule has 4 nitrogen and oxygen atoms in total. The summed E-state index contributed by atoms with van der Waals surface area (Å²) in [4.78, 5) is 18.5. The van der Waals surface area contributed by atoms with Gasteiger partial charge in [-0.2, -0.15) is 0 Å². The lowest BCUT2D eigenvalue weighted by Gasteiger charge is -2.08. The molecule has 3 rings (SSSR count). The molecular weight excluding hydrogens is 364 g/mol. The van der Waals surface area contributed by atoms with Crippen molar-refractivity contribution in [1.82, 2.24) is 4.98 Å². The second kappa shape index (κ2) is 8.01. The normalized spacial score (nSPS) is 11.0. The van der Waals surface area contributed by atoms with Crippen molar-refractivity contribution in [2.24, 2.45) is 0 Å². The van der Waals surface area contributed by atoms with Crippen molar-refractivity contribution in [3.8, 4) is 5.75 Å². The van der Waals surface area contributed by atoms with E-state index >= 15 is 0 Å². The summed E-state index contributed by atoms with van der Waals surface area (Å²) in [6.07, 6.45) is 0. The van der Waals surface area contributed by atoms with E-state index in [-0.39, 0.29) is 5.91 Å². The van der Waals surface area contributed by atoms with Gasteiger partial charge in [-0.05, 0) is 48.9 Å². The van der Waals surface area contributed by atoms with Crippen LogP contribution in [0.4, 0.5) is 5.13 Å². The monoisotopic (exact) mass is 386 g/mol. The van der Waals surface area contributed by atoms with Crippen LogP contribution in [0.2, 0.25) is 0 Å². The standard InChI is InChI=1S/C20H22N2O2S2/c1-12(2)16-5-7-17(8-6-16)24-10-15-9-18(25-11-15)19(23)22-20-21-13(3)14(4)26-20/h5-9,11-12H,10H2,1-4H3,(H,21,22,23). The lowest BCUT2D eigenvalue weighted by atomic mass is 10.0. The zero-order chi connectivity index (χ0) is 18.7. The van der Waals surface area contributed by atoms with Gasteiger partial charge in [-0.1, -0.05) is 26.0 Å². The van der Waals surface area contributed by atoms with E-state index in [4.69, 9.17) is 4.74 Å². The smallest absolute Gasteiger partial charge is 0.267 e. The summed E-state index contributed by atoms with van der Waals surface area (Å²) < 4.78 is 5.82. The Morgan fingerprint density at radius 3 is 2.58 bits per heavy atom. The Morgan fingerprint density at radius 1 is 1.23 bits per heavy atom. The first-order chi connectivity index (χ1) is 12.4. The van der Waals surface area contributed by atoms with Crippen LogP contribution in [-0.4, -0.2) is 10.9 Å². The molecule has 0 saturated heterocycles. The van der Waals surface area contributed by atoms with Gasteiger partial charge in [0.2, 0.25) is 0 Å². The maximum absolute atomic E-state index is 12.3. The third-order valence-corrected chi connectivity index (χ3v) is 6.04. The van der Waals surface area contributed by atoms with Gasteiger partial charge in [-0.25, -0.2) is 4.98 Å². The molecule has 0 spiro atoms. The summed E-state index contributed by atoms with van der Waals surface area (Å²) in [7, 11) is 0. The molecule has 1 amide bonds. The van der Waals surface area contributed by atoms with E-state index in [1.165, 1.54) is 28.2 Å². The van der Waals surface area contributed by atoms with Crippen LogP contribution >= 0.6 is 22.7 Å². The molecule has 0 fully saturated rings.